The standard InChI is InChI=1S/C17H19NO.2C2H6/c1-3-7-14(8-4-1)16-13-18-11-12-19-17(16)15-9-5-2-6-10-15;2*1-2/h1-10,16-18H,11-13H2;2*1-2H3. The van der Waals surface area contributed by atoms with E-state index in [1.54, 1.807) is 0 Å². The molecule has 0 bridgehead atoms. The zero-order valence-electron chi connectivity index (χ0n) is 15.0. The number of rotatable bonds is 2. The van der Waals surface area contributed by atoms with Gasteiger partial charge in [-0.2, -0.15) is 0 Å². The van der Waals surface area contributed by atoms with Crippen molar-refractivity contribution in [1.29, 1.82) is 0 Å². The number of hydrogen-bond acceptors (Lipinski definition) is 2. The van der Waals surface area contributed by atoms with Crippen LogP contribution in [0.3, 0.4) is 0 Å². The van der Waals surface area contributed by atoms with E-state index in [4.69, 9.17) is 4.74 Å². The maximum Gasteiger partial charge on any atom is 0.0906 e. The lowest BCUT2D eigenvalue weighted by molar-refractivity contribution is 0.0515. The lowest BCUT2D eigenvalue weighted by atomic mass is 9.89. The molecule has 2 nitrogen and oxygen atoms in total. The van der Waals surface area contributed by atoms with Gasteiger partial charge in [-0.1, -0.05) is 88.4 Å². The monoisotopic (exact) mass is 313 g/mol. The summed E-state index contributed by atoms with van der Waals surface area (Å²) < 4.78 is 6.09. The van der Waals surface area contributed by atoms with Crippen molar-refractivity contribution < 1.29 is 4.74 Å². The van der Waals surface area contributed by atoms with Crippen molar-refractivity contribution in [2.45, 2.75) is 39.7 Å². The Morgan fingerprint density at radius 3 is 1.87 bits per heavy atom. The van der Waals surface area contributed by atoms with E-state index in [0.29, 0.717) is 5.92 Å². The molecular weight excluding hydrogens is 282 g/mol. The Labute approximate surface area is 141 Å². The van der Waals surface area contributed by atoms with Crippen LogP contribution in [0.15, 0.2) is 60.7 Å². The molecule has 1 saturated heterocycles. The predicted octanol–water partition coefficient (Wildman–Crippen LogP) is 5.18. The van der Waals surface area contributed by atoms with Crippen LogP contribution in [0, 0.1) is 0 Å². The van der Waals surface area contributed by atoms with Gasteiger partial charge in [0.25, 0.3) is 0 Å². The van der Waals surface area contributed by atoms with Crippen LogP contribution in [0.4, 0.5) is 0 Å². The van der Waals surface area contributed by atoms with E-state index >= 15 is 0 Å². The molecule has 2 aromatic carbocycles. The SMILES string of the molecule is CC.CC.c1ccc(C2CNCCOC2c2ccccc2)cc1. The van der Waals surface area contributed by atoms with Gasteiger partial charge < -0.3 is 10.1 Å². The maximum absolute atomic E-state index is 6.09. The van der Waals surface area contributed by atoms with E-state index in [2.05, 4.69) is 66.0 Å². The minimum Gasteiger partial charge on any atom is -0.372 e. The van der Waals surface area contributed by atoms with E-state index in [0.717, 1.165) is 19.7 Å². The molecule has 1 aliphatic rings. The summed E-state index contributed by atoms with van der Waals surface area (Å²) in [6, 6.07) is 21.2. The highest BCUT2D eigenvalue weighted by Crippen LogP contribution is 2.34. The quantitative estimate of drug-likeness (QED) is 0.824. The molecule has 1 aliphatic heterocycles. The molecule has 0 amide bonds. The number of nitrogens with one attached hydrogen (secondary N) is 1. The highest BCUT2D eigenvalue weighted by atomic mass is 16.5. The third-order valence-corrected chi connectivity index (χ3v) is 3.66. The Morgan fingerprint density at radius 2 is 1.30 bits per heavy atom. The molecule has 1 fully saturated rings. The molecular formula is C21H31NO. The first kappa shape index (κ1) is 19.4. The Bertz CT molecular complexity index is 450. The summed E-state index contributed by atoms with van der Waals surface area (Å²) in [4.78, 5) is 0. The molecule has 2 aromatic rings. The molecule has 2 heteroatoms. The van der Waals surface area contributed by atoms with E-state index in [9.17, 15) is 0 Å². The Balaban J connectivity index is 0.000000615. The molecule has 0 spiro atoms. The molecule has 3 rings (SSSR count). The molecule has 2 unspecified atom stereocenters. The van der Waals surface area contributed by atoms with Gasteiger partial charge in [-0.05, 0) is 11.1 Å². The minimum atomic E-state index is 0.138. The Kier molecular flexibility index (Phi) is 10.0. The summed E-state index contributed by atoms with van der Waals surface area (Å²) in [5.41, 5.74) is 2.60. The first-order valence-corrected chi connectivity index (χ1v) is 8.87. The van der Waals surface area contributed by atoms with Gasteiger partial charge in [-0.3, -0.25) is 0 Å². The van der Waals surface area contributed by atoms with Gasteiger partial charge in [-0.15, -0.1) is 0 Å². The normalized spacial score (nSPS) is 20.2. The minimum absolute atomic E-state index is 0.138. The van der Waals surface area contributed by atoms with Crippen LogP contribution in [0.25, 0.3) is 0 Å². The molecule has 0 aliphatic carbocycles. The van der Waals surface area contributed by atoms with Crippen LogP contribution in [0.5, 0.6) is 0 Å². The highest BCUT2D eigenvalue weighted by molar-refractivity contribution is 5.27. The molecule has 1 heterocycles. The van der Waals surface area contributed by atoms with E-state index in [-0.39, 0.29) is 6.10 Å². The third kappa shape index (κ3) is 5.81. The zero-order valence-corrected chi connectivity index (χ0v) is 15.0. The van der Waals surface area contributed by atoms with Crippen molar-refractivity contribution in [2.75, 3.05) is 19.7 Å². The van der Waals surface area contributed by atoms with Crippen LogP contribution in [-0.4, -0.2) is 19.7 Å². The van der Waals surface area contributed by atoms with Gasteiger partial charge in [0.05, 0.1) is 12.7 Å². The number of ether oxygens (including phenoxy) is 1. The van der Waals surface area contributed by atoms with Crippen molar-refractivity contribution in [3.8, 4) is 0 Å². The summed E-state index contributed by atoms with van der Waals surface area (Å²) in [6.07, 6.45) is 0.138. The average Bonchev–Trinajstić information content (AvgIpc) is 2.92. The van der Waals surface area contributed by atoms with Gasteiger partial charge in [0.1, 0.15) is 0 Å². The lowest BCUT2D eigenvalue weighted by Gasteiger charge is -2.25. The largest absolute Gasteiger partial charge is 0.372 e. The van der Waals surface area contributed by atoms with Crippen LogP contribution in [0.2, 0.25) is 0 Å². The smallest absolute Gasteiger partial charge is 0.0906 e. The van der Waals surface area contributed by atoms with E-state index in [1.807, 2.05) is 27.7 Å². The number of benzene rings is 2. The maximum atomic E-state index is 6.09. The van der Waals surface area contributed by atoms with Gasteiger partial charge in [0.15, 0.2) is 0 Å². The van der Waals surface area contributed by atoms with Crippen LogP contribution in [0.1, 0.15) is 50.8 Å². The second-order valence-electron chi connectivity index (χ2n) is 4.92. The van der Waals surface area contributed by atoms with Crippen molar-refractivity contribution >= 4 is 0 Å². The molecule has 2 atom stereocenters. The third-order valence-electron chi connectivity index (χ3n) is 3.66. The van der Waals surface area contributed by atoms with Gasteiger partial charge in [0, 0.05) is 19.0 Å². The summed E-state index contributed by atoms with van der Waals surface area (Å²) in [7, 11) is 0. The fourth-order valence-electron chi connectivity index (χ4n) is 2.70. The second-order valence-corrected chi connectivity index (χ2v) is 4.92. The van der Waals surface area contributed by atoms with Crippen molar-refractivity contribution in [3.05, 3.63) is 71.8 Å². The first-order valence-electron chi connectivity index (χ1n) is 8.87. The summed E-state index contributed by atoms with van der Waals surface area (Å²) in [5.74, 6) is 0.367. The zero-order chi connectivity index (χ0) is 16.9. The van der Waals surface area contributed by atoms with Crippen molar-refractivity contribution in [1.82, 2.24) is 5.32 Å². The molecule has 1 N–H and O–H groups in total. The summed E-state index contributed by atoms with van der Waals surface area (Å²) in [6.45, 7) is 10.7. The molecule has 126 valence electrons. The number of hydrogen-bond donors (Lipinski definition) is 1. The molecule has 0 aromatic heterocycles. The van der Waals surface area contributed by atoms with Crippen molar-refractivity contribution in [3.63, 3.8) is 0 Å². The average molecular weight is 313 g/mol. The van der Waals surface area contributed by atoms with E-state index in [1.165, 1.54) is 11.1 Å². The Morgan fingerprint density at radius 1 is 0.783 bits per heavy atom. The van der Waals surface area contributed by atoms with Crippen molar-refractivity contribution in [2.24, 2.45) is 0 Å². The topological polar surface area (TPSA) is 21.3 Å². The van der Waals surface area contributed by atoms with Gasteiger partial charge >= 0.3 is 0 Å². The fraction of sp³-hybridized carbons (Fsp3) is 0.429. The fourth-order valence-corrected chi connectivity index (χ4v) is 2.70. The summed E-state index contributed by atoms with van der Waals surface area (Å²) >= 11 is 0. The van der Waals surface area contributed by atoms with Crippen LogP contribution in [-0.2, 0) is 4.74 Å². The molecule has 23 heavy (non-hydrogen) atoms. The van der Waals surface area contributed by atoms with Gasteiger partial charge in [-0.25, -0.2) is 0 Å². The predicted molar refractivity (Wildman–Crippen MR) is 99.9 cm³/mol. The summed E-state index contributed by atoms with van der Waals surface area (Å²) in [5, 5.41) is 3.47. The lowest BCUT2D eigenvalue weighted by Crippen LogP contribution is -2.22. The second kappa shape index (κ2) is 11.9. The highest BCUT2D eigenvalue weighted by Gasteiger charge is 2.27. The van der Waals surface area contributed by atoms with E-state index < -0.39 is 0 Å². The van der Waals surface area contributed by atoms with Crippen LogP contribution >= 0.6 is 0 Å². The molecule has 0 saturated carbocycles. The Hall–Kier alpha value is -1.64. The molecule has 0 radical (unpaired) electrons. The van der Waals surface area contributed by atoms with Gasteiger partial charge in [0.2, 0.25) is 0 Å². The first-order chi connectivity index (χ1) is 11.4. The van der Waals surface area contributed by atoms with Crippen LogP contribution < -0.4 is 5.32 Å².